The Morgan fingerprint density at radius 3 is 2.81 bits per heavy atom. The Hall–Kier alpha value is -2.41. The number of carbonyl (C=O) groups excluding carboxylic acids is 1. The first-order chi connectivity index (χ1) is 12.4. The van der Waals surface area contributed by atoms with Gasteiger partial charge in [0.1, 0.15) is 11.8 Å². The van der Waals surface area contributed by atoms with Gasteiger partial charge in [-0.25, -0.2) is 4.79 Å². The molecular formula is C19H24NO6+. The molecule has 0 radical (unpaired) electrons. The van der Waals surface area contributed by atoms with E-state index in [1.54, 1.807) is 7.11 Å². The number of ether oxygens (including phenoxy) is 4. The second kappa shape index (κ2) is 6.09. The molecule has 0 amide bonds. The number of likely N-dealkylation sites (N-methyl/N-ethyl adjacent to an activating group) is 1. The molecular weight excluding hydrogens is 338 g/mol. The van der Waals surface area contributed by atoms with E-state index in [1.165, 1.54) is 0 Å². The maximum atomic E-state index is 11.8. The Morgan fingerprint density at radius 2 is 2.12 bits per heavy atom. The quantitative estimate of drug-likeness (QED) is 0.385. The lowest BCUT2D eigenvalue weighted by molar-refractivity contribution is -0.923. The maximum absolute atomic E-state index is 11.8. The van der Waals surface area contributed by atoms with Gasteiger partial charge in [-0.3, -0.25) is 0 Å². The van der Waals surface area contributed by atoms with E-state index < -0.39 is 5.97 Å². The van der Waals surface area contributed by atoms with Crippen LogP contribution in [0, 0.1) is 0 Å². The fourth-order valence-corrected chi connectivity index (χ4v) is 4.12. The van der Waals surface area contributed by atoms with Crippen LogP contribution < -0.4 is 14.2 Å². The van der Waals surface area contributed by atoms with E-state index in [2.05, 4.69) is 14.1 Å². The third kappa shape index (κ3) is 2.58. The number of fused-ring (bicyclic) bond motifs is 2. The van der Waals surface area contributed by atoms with E-state index in [0.29, 0.717) is 46.8 Å². The Morgan fingerprint density at radius 1 is 1.31 bits per heavy atom. The minimum absolute atomic E-state index is 0.0656. The topological polar surface area (TPSA) is 74.2 Å². The summed E-state index contributed by atoms with van der Waals surface area (Å²) in [6.07, 6.45) is 1.68. The number of hydrogen-bond donors (Lipinski definition) is 1. The van der Waals surface area contributed by atoms with Crippen LogP contribution in [-0.4, -0.2) is 56.7 Å². The molecule has 140 valence electrons. The number of methoxy groups -OCH3 is 1. The third-order valence-corrected chi connectivity index (χ3v) is 5.65. The fraction of sp³-hybridized carbons (Fsp3) is 0.526. The molecule has 4 rings (SSSR count). The SMILES string of the molecule is COc1c2c(cc3c1[C@H](C/C(O)=C1\CCOC1=O)[N+](C)(C)CC3)OCO2. The minimum Gasteiger partial charge on any atom is -0.511 e. The summed E-state index contributed by atoms with van der Waals surface area (Å²) in [5, 5.41) is 10.7. The van der Waals surface area contributed by atoms with Crippen LogP contribution in [0.15, 0.2) is 17.4 Å². The van der Waals surface area contributed by atoms with Crippen LogP contribution in [0.25, 0.3) is 0 Å². The summed E-state index contributed by atoms with van der Waals surface area (Å²) < 4.78 is 22.5. The van der Waals surface area contributed by atoms with Crippen LogP contribution in [0.4, 0.5) is 0 Å². The summed E-state index contributed by atoms with van der Waals surface area (Å²) in [6.45, 7) is 1.42. The van der Waals surface area contributed by atoms with Gasteiger partial charge < -0.3 is 28.5 Å². The van der Waals surface area contributed by atoms with Gasteiger partial charge in [-0.05, 0) is 11.6 Å². The van der Waals surface area contributed by atoms with E-state index >= 15 is 0 Å². The Kier molecular flexibility index (Phi) is 3.99. The van der Waals surface area contributed by atoms with Gasteiger partial charge in [0.2, 0.25) is 12.5 Å². The van der Waals surface area contributed by atoms with Crippen molar-refractivity contribution in [3.63, 3.8) is 0 Å². The molecule has 1 aromatic carbocycles. The number of carbonyl (C=O) groups is 1. The molecule has 1 saturated heterocycles. The standard InChI is InChI=1S/C19H23NO6/c1-20(2)6-4-11-8-15-17(26-10-25-15)18(23-3)16(11)13(20)9-14(21)12-5-7-24-19(12)22/h8,13H,4-7,9-10H2,1-3H3/p+1/t13-/m0/s1. The molecule has 7 nitrogen and oxygen atoms in total. The second-order valence-electron chi connectivity index (χ2n) is 7.50. The molecule has 3 aliphatic heterocycles. The number of cyclic esters (lactones) is 1. The Bertz CT molecular complexity index is 798. The average molecular weight is 362 g/mol. The van der Waals surface area contributed by atoms with E-state index in [-0.39, 0.29) is 18.6 Å². The fourth-order valence-electron chi connectivity index (χ4n) is 4.12. The summed E-state index contributed by atoms with van der Waals surface area (Å²) in [5.74, 6) is 1.68. The van der Waals surface area contributed by atoms with Crippen molar-refractivity contribution < 1.29 is 33.3 Å². The van der Waals surface area contributed by atoms with Crippen molar-refractivity contribution in [2.45, 2.75) is 25.3 Å². The van der Waals surface area contributed by atoms with Crippen LogP contribution in [0.3, 0.4) is 0 Å². The first-order valence-corrected chi connectivity index (χ1v) is 8.82. The first-order valence-electron chi connectivity index (χ1n) is 8.82. The smallest absolute Gasteiger partial charge is 0.337 e. The summed E-state index contributed by atoms with van der Waals surface area (Å²) in [7, 11) is 5.88. The van der Waals surface area contributed by atoms with E-state index in [9.17, 15) is 9.90 Å². The second-order valence-corrected chi connectivity index (χ2v) is 7.50. The molecule has 0 bridgehead atoms. The Balaban J connectivity index is 1.81. The highest BCUT2D eigenvalue weighted by Crippen LogP contribution is 2.51. The van der Waals surface area contributed by atoms with Crippen molar-refractivity contribution in [3.05, 3.63) is 28.5 Å². The molecule has 0 aliphatic carbocycles. The first kappa shape index (κ1) is 17.0. The maximum Gasteiger partial charge on any atom is 0.337 e. The largest absolute Gasteiger partial charge is 0.511 e. The van der Waals surface area contributed by atoms with Gasteiger partial charge in [0.05, 0.1) is 51.9 Å². The predicted octanol–water partition coefficient (Wildman–Crippen LogP) is 2.25. The van der Waals surface area contributed by atoms with Crippen molar-refractivity contribution in [1.29, 1.82) is 0 Å². The van der Waals surface area contributed by atoms with E-state index in [0.717, 1.165) is 24.1 Å². The molecule has 0 aromatic heterocycles. The van der Waals surface area contributed by atoms with Crippen LogP contribution in [-0.2, 0) is 16.0 Å². The molecule has 0 spiro atoms. The van der Waals surface area contributed by atoms with Crippen LogP contribution >= 0.6 is 0 Å². The molecule has 1 atom stereocenters. The number of aliphatic hydroxyl groups excluding tert-OH is 1. The number of aliphatic hydroxyl groups is 1. The van der Waals surface area contributed by atoms with Crippen molar-refractivity contribution in [2.75, 3.05) is 41.1 Å². The summed E-state index contributed by atoms with van der Waals surface area (Å²) >= 11 is 0. The van der Waals surface area contributed by atoms with Gasteiger partial charge in [0.15, 0.2) is 11.5 Å². The van der Waals surface area contributed by atoms with Gasteiger partial charge in [0.25, 0.3) is 0 Å². The minimum atomic E-state index is -0.415. The molecule has 1 fully saturated rings. The zero-order chi connectivity index (χ0) is 18.5. The lowest BCUT2D eigenvalue weighted by Gasteiger charge is -2.43. The predicted molar refractivity (Wildman–Crippen MR) is 92.4 cm³/mol. The van der Waals surface area contributed by atoms with E-state index in [1.807, 2.05) is 6.07 Å². The number of nitrogens with zero attached hydrogens (tertiary/aromatic N) is 1. The lowest BCUT2D eigenvalue weighted by Crippen LogP contribution is -2.48. The molecule has 0 saturated carbocycles. The lowest BCUT2D eigenvalue weighted by atomic mass is 9.86. The number of hydrogen-bond acceptors (Lipinski definition) is 6. The molecule has 0 unspecified atom stereocenters. The van der Waals surface area contributed by atoms with Gasteiger partial charge in [-0.15, -0.1) is 0 Å². The summed E-state index contributed by atoms with van der Waals surface area (Å²) in [6, 6.07) is 1.95. The zero-order valence-corrected chi connectivity index (χ0v) is 15.3. The molecule has 7 heteroatoms. The van der Waals surface area contributed by atoms with Crippen LogP contribution in [0.1, 0.15) is 30.0 Å². The highest BCUT2D eigenvalue weighted by atomic mass is 16.7. The number of esters is 1. The highest BCUT2D eigenvalue weighted by molar-refractivity contribution is 5.90. The van der Waals surface area contributed by atoms with Gasteiger partial charge in [0, 0.05) is 12.8 Å². The molecule has 26 heavy (non-hydrogen) atoms. The number of benzene rings is 1. The van der Waals surface area contributed by atoms with E-state index in [4.69, 9.17) is 18.9 Å². The van der Waals surface area contributed by atoms with Gasteiger partial charge >= 0.3 is 5.97 Å². The van der Waals surface area contributed by atoms with Crippen LogP contribution in [0.5, 0.6) is 17.2 Å². The van der Waals surface area contributed by atoms with Crippen molar-refractivity contribution in [3.8, 4) is 17.2 Å². The summed E-state index contributed by atoms with van der Waals surface area (Å²) in [5.41, 5.74) is 2.55. The monoisotopic (exact) mass is 362 g/mol. The summed E-state index contributed by atoms with van der Waals surface area (Å²) in [4.78, 5) is 11.8. The zero-order valence-electron chi connectivity index (χ0n) is 15.3. The third-order valence-electron chi connectivity index (χ3n) is 5.65. The molecule has 1 aromatic rings. The van der Waals surface area contributed by atoms with Gasteiger partial charge in [-0.2, -0.15) is 0 Å². The number of quaternary nitrogens is 1. The normalized spacial score (nSPS) is 24.9. The average Bonchev–Trinajstić information content (AvgIpc) is 3.24. The van der Waals surface area contributed by atoms with Crippen molar-refractivity contribution in [1.82, 2.24) is 0 Å². The molecule has 3 heterocycles. The highest BCUT2D eigenvalue weighted by Gasteiger charge is 2.42. The number of rotatable bonds is 3. The van der Waals surface area contributed by atoms with Crippen molar-refractivity contribution >= 4 is 5.97 Å². The van der Waals surface area contributed by atoms with Gasteiger partial charge in [-0.1, -0.05) is 0 Å². The molecule has 1 N–H and O–H groups in total. The Labute approximate surface area is 152 Å². The molecule has 3 aliphatic rings. The van der Waals surface area contributed by atoms with Crippen LogP contribution in [0.2, 0.25) is 0 Å². The van der Waals surface area contributed by atoms with Crippen molar-refractivity contribution in [2.24, 2.45) is 0 Å².